The molecular weight excluding hydrogens is 490 g/mol. The molecule has 1 aliphatic rings. The number of carbonyl (C=O) groups is 5. The molecule has 1 heterocycles. The van der Waals surface area contributed by atoms with Crippen molar-refractivity contribution in [1.29, 1.82) is 0 Å². The van der Waals surface area contributed by atoms with Gasteiger partial charge in [-0.25, -0.2) is 4.79 Å². The number of carbonyl (C=O) groups excluding carboxylic acids is 4. The van der Waals surface area contributed by atoms with Gasteiger partial charge in [-0.05, 0) is 31.9 Å². The first-order chi connectivity index (χ1) is 17.2. The monoisotopic (exact) mass is 523 g/mol. The number of benzene rings is 1. The molecule has 36 heavy (non-hydrogen) atoms. The Kier molecular flexibility index (Phi) is 11.6. The van der Waals surface area contributed by atoms with Gasteiger partial charge in [-0.15, -0.1) is 0 Å². The molecule has 4 amide bonds. The molecule has 0 unspecified atom stereocenters. The van der Waals surface area contributed by atoms with Gasteiger partial charge < -0.3 is 36.8 Å². The first kappa shape index (κ1) is 29.1. The quantitative estimate of drug-likeness (QED) is 0.136. The molecule has 1 fully saturated rings. The molecular formula is C23H33N5O7S. The Bertz CT molecular complexity index is 927. The number of aliphatic carboxylic acids is 1. The lowest BCUT2D eigenvalue weighted by Gasteiger charge is -2.24. The zero-order chi connectivity index (χ0) is 26.7. The van der Waals surface area contributed by atoms with Gasteiger partial charge >= 0.3 is 5.97 Å². The molecule has 13 heteroatoms. The fraction of sp³-hybridized carbons (Fsp3) is 0.522. The van der Waals surface area contributed by atoms with Crippen LogP contribution in [0.15, 0.2) is 30.3 Å². The van der Waals surface area contributed by atoms with E-state index in [4.69, 9.17) is 10.2 Å². The van der Waals surface area contributed by atoms with E-state index in [1.807, 2.05) is 30.3 Å². The Hall–Kier alpha value is -3.16. The van der Waals surface area contributed by atoms with Crippen molar-refractivity contribution in [3.63, 3.8) is 0 Å². The second-order valence-corrected chi connectivity index (χ2v) is 8.82. The third-order valence-electron chi connectivity index (χ3n) is 5.66. The van der Waals surface area contributed by atoms with E-state index in [-0.39, 0.29) is 24.1 Å². The highest BCUT2D eigenvalue weighted by molar-refractivity contribution is 7.80. The van der Waals surface area contributed by atoms with Gasteiger partial charge in [0.1, 0.15) is 24.2 Å². The SMILES string of the molecule is C[C@H](NC(=O)[C@H](Cc1ccccc1)NC(=O)[C@@H]1CCCN1)C(=O)N[C@@H](CS)C(=O)N[C@@H](CO)C(=O)O. The molecule has 0 aromatic heterocycles. The molecule has 1 aliphatic heterocycles. The summed E-state index contributed by atoms with van der Waals surface area (Å²) in [5, 5.41) is 30.9. The van der Waals surface area contributed by atoms with Crippen molar-refractivity contribution >= 4 is 42.2 Å². The first-order valence-electron chi connectivity index (χ1n) is 11.6. The molecule has 1 aromatic carbocycles. The van der Waals surface area contributed by atoms with Gasteiger partial charge in [-0.3, -0.25) is 19.2 Å². The maximum atomic E-state index is 13.0. The van der Waals surface area contributed by atoms with Crippen LogP contribution in [0, 0.1) is 0 Å². The summed E-state index contributed by atoms with van der Waals surface area (Å²) >= 11 is 4.01. The largest absolute Gasteiger partial charge is 0.480 e. The van der Waals surface area contributed by atoms with E-state index in [0.717, 1.165) is 18.5 Å². The highest BCUT2D eigenvalue weighted by Crippen LogP contribution is 2.08. The topological polar surface area (TPSA) is 186 Å². The van der Waals surface area contributed by atoms with Crippen LogP contribution in [0.2, 0.25) is 0 Å². The molecule has 0 aliphatic carbocycles. The van der Waals surface area contributed by atoms with Crippen LogP contribution in [0.25, 0.3) is 0 Å². The molecule has 1 aromatic rings. The van der Waals surface area contributed by atoms with Crippen molar-refractivity contribution in [2.45, 2.75) is 56.4 Å². The predicted octanol–water partition coefficient (Wildman–Crippen LogP) is -2.05. The summed E-state index contributed by atoms with van der Waals surface area (Å²) in [4.78, 5) is 61.7. The molecule has 0 spiro atoms. The van der Waals surface area contributed by atoms with Gasteiger partial charge in [0.05, 0.1) is 12.6 Å². The van der Waals surface area contributed by atoms with Crippen LogP contribution in [0.3, 0.4) is 0 Å². The Labute approximate surface area is 214 Å². The van der Waals surface area contributed by atoms with E-state index in [0.29, 0.717) is 6.42 Å². The summed E-state index contributed by atoms with van der Waals surface area (Å²) in [7, 11) is 0. The number of aliphatic hydroxyl groups is 1. The minimum absolute atomic E-state index is 0.156. The molecule has 5 atom stereocenters. The number of hydrogen-bond donors (Lipinski definition) is 8. The third-order valence-corrected chi connectivity index (χ3v) is 6.02. The minimum Gasteiger partial charge on any atom is -0.480 e. The maximum absolute atomic E-state index is 13.0. The average molecular weight is 524 g/mol. The molecule has 1 saturated heterocycles. The smallest absolute Gasteiger partial charge is 0.328 e. The van der Waals surface area contributed by atoms with Crippen molar-refractivity contribution in [3.8, 4) is 0 Å². The van der Waals surface area contributed by atoms with Crippen LogP contribution >= 0.6 is 12.6 Å². The van der Waals surface area contributed by atoms with Crippen molar-refractivity contribution < 1.29 is 34.2 Å². The van der Waals surface area contributed by atoms with Gasteiger partial charge in [0.2, 0.25) is 23.6 Å². The Balaban J connectivity index is 2.02. The summed E-state index contributed by atoms with van der Waals surface area (Å²) in [6.07, 6.45) is 1.73. The Morgan fingerprint density at radius 1 is 0.972 bits per heavy atom. The van der Waals surface area contributed by atoms with Gasteiger partial charge in [0.25, 0.3) is 0 Å². The number of aliphatic hydroxyl groups excluding tert-OH is 1. The Morgan fingerprint density at radius 2 is 1.61 bits per heavy atom. The van der Waals surface area contributed by atoms with E-state index >= 15 is 0 Å². The number of amides is 4. The zero-order valence-electron chi connectivity index (χ0n) is 19.9. The fourth-order valence-corrected chi connectivity index (χ4v) is 3.82. The van der Waals surface area contributed by atoms with Crippen LogP contribution in [0.5, 0.6) is 0 Å². The molecule has 0 radical (unpaired) electrons. The second kappa shape index (κ2) is 14.4. The molecule has 2 rings (SSSR count). The van der Waals surface area contributed by atoms with Crippen LogP contribution in [-0.4, -0.2) is 88.9 Å². The van der Waals surface area contributed by atoms with Crippen molar-refractivity contribution in [1.82, 2.24) is 26.6 Å². The van der Waals surface area contributed by atoms with E-state index < -0.39 is 54.5 Å². The van der Waals surface area contributed by atoms with E-state index in [9.17, 15) is 24.0 Å². The van der Waals surface area contributed by atoms with Gasteiger partial charge in [0.15, 0.2) is 0 Å². The molecule has 12 nitrogen and oxygen atoms in total. The van der Waals surface area contributed by atoms with Crippen LogP contribution < -0.4 is 26.6 Å². The molecule has 198 valence electrons. The maximum Gasteiger partial charge on any atom is 0.328 e. The molecule has 7 N–H and O–H groups in total. The summed E-state index contributed by atoms with van der Waals surface area (Å²) in [5.74, 6) is -4.03. The average Bonchev–Trinajstić information content (AvgIpc) is 3.40. The highest BCUT2D eigenvalue weighted by Gasteiger charge is 2.30. The highest BCUT2D eigenvalue weighted by atomic mass is 32.1. The van der Waals surface area contributed by atoms with Crippen LogP contribution in [-0.2, 0) is 30.4 Å². The standard InChI is InChI=1S/C23H33N5O7S/c1-13(19(30)28-18(12-36)22(33)27-17(11-29)23(34)35)25-21(32)16(10-14-6-3-2-4-7-14)26-20(31)15-8-5-9-24-15/h2-4,6-7,13,15-18,24,29,36H,5,8-12H2,1H3,(H,25,32)(H,26,31)(H,27,33)(H,28,30)(H,34,35)/t13-,15-,16-,17-,18-/m0/s1. The lowest BCUT2D eigenvalue weighted by atomic mass is 10.0. The minimum atomic E-state index is -1.54. The lowest BCUT2D eigenvalue weighted by Crippen LogP contribution is -2.58. The zero-order valence-corrected chi connectivity index (χ0v) is 20.8. The summed E-state index contributed by atoms with van der Waals surface area (Å²) in [6, 6.07) is 3.95. The summed E-state index contributed by atoms with van der Waals surface area (Å²) in [6.45, 7) is 1.30. The second-order valence-electron chi connectivity index (χ2n) is 8.46. The number of carboxylic acid groups (broad SMARTS) is 1. The number of nitrogens with one attached hydrogen (secondary N) is 5. The number of thiol groups is 1. The third kappa shape index (κ3) is 8.81. The molecule has 0 saturated carbocycles. The van der Waals surface area contributed by atoms with Gasteiger partial charge in [-0.1, -0.05) is 30.3 Å². The number of rotatable bonds is 13. The normalized spacial score (nSPS) is 18.2. The van der Waals surface area contributed by atoms with E-state index in [2.05, 4.69) is 39.2 Å². The van der Waals surface area contributed by atoms with Crippen LogP contribution in [0.1, 0.15) is 25.3 Å². The van der Waals surface area contributed by atoms with Crippen molar-refractivity contribution in [2.24, 2.45) is 0 Å². The predicted molar refractivity (Wildman–Crippen MR) is 133 cm³/mol. The summed E-state index contributed by atoms with van der Waals surface area (Å²) in [5.41, 5.74) is 0.818. The van der Waals surface area contributed by atoms with Gasteiger partial charge in [0, 0.05) is 12.2 Å². The fourth-order valence-electron chi connectivity index (χ4n) is 3.57. The van der Waals surface area contributed by atoms with Crippen LogP contribution in [0.4, 0.5) is 0 Å². The summed E-state index contributed by atoms with van der Waals surface area (Å²) < 4.78 is 0. The Morgan fingerprint density at radius 3 is 2.17 bits per heavy atom. The first-order valence-corrected chi connectivity index (χ1v) is 12.2. The number of carboxylic acids is 1. The number of hydrogen-bond acceptors (Lipinski definition) is 8. The van der Waals surface area contributed by atoms with Gasteiger partial charge in [-0.2, -0.15) is 12.6 Å². The van der Waals surface area contributed by atoms with E-state index in [1.54, 1.807) is 0 Å². The van der Waals surface area contributed by atoms with Crippen molar-refractivity contribution in [2.75, 3.05) is 18.9 Å². The van der Waals surface area contributed by atoms with E-state index in [1.165, 1.54) is 6.92 Å². The lowest BCUT2D eigenvalue weighted by molar-refractivity contribution is -0.143. The van der Waals surface area contributed by atoms with Crippen molar-refractivity contribution in [3.05, 3.63) is 35.9 Å². The molecule has 0 bridgehead atoms.